The van der Waals surface area contributed by atoms with Crippen LogP contribution in [0.25, 0.3) is 12.2 Å². The molecule has 16 heavy (non-hydrogen) atoms. The van der Waals surface area contributed by atoms with Crippen LogP contribution in [0.5, 0.6) is 0 Å². The van der Waals surface area contributed by atoms with E-state index in [0.717, 1.165) is 11.1 Å². The summed E-state index contributed by atoms with van der Waals surface area (Å²) in [4.78, 5) is 0. The maximum Gasteiger partial charge on any atom is 0.104 e. The molecule has 0 radical (unpaired) electrons. The third-order valence-corrected chi connectivity index (χ3v) is 2.98. The molecule has 2 aromatic rings. The average Bonchev–Trinajstić information content (AvgIpc) is 2.31. The number of benzene rings is 2. The lowest BCUT2D eigenvalue weighted by molar-refractivity contribution is 0.220. The molecule has 1 atom stereocenters. The van der Waals surface area contributed by atoms with Crippen molar-refractivity contribution < 1.29 is 5.11 Å². The molecule has 3 rings (SSSR count). The van der Waals surface area contributed by atoms with E-state index in [-0.39, 0.29) is 0 Å². The third-order valence-electron chi connectivity index (χ3n) is 2.98. The van der Waals surface area contributed by atoms with Gasteiger partial charge in [0.15, 0.2) is 0 Å². The van der Waals surface area contributed by atoms with Gasteiger partial charge in [0, 0.05) is 0 Å². The van der Waals surface area contributed by atoms with Gasteiger partial charge >= 0.3 is 0 Å². The van der Waals surface area contributed by atoms with E-state index in [1.54, 1.807) is 0 Å². The fraction of sp³-hybridized carbons (Fsp3) is 0.0667. The quantitative estimate of drug-likeness (QED) is 0.685. The lowest BCUT2D eigenvalue weighted by Gasteiger charge is -2.16. The van der Waals surface area contributed by atoms with Gasteiger partial charge in [-0.3, -0.25) is 0 Å². The van der Waals surface area contributed by atoms with E-state index >= 15 is 0 Å². The Morgan fingerprint density at radius 2 is 1.50 bits per heavy atom. The molecule has 1 aliphatic carbocycles. The summed E-state index contributed by atoms with van der Waals surface area (Å²) < 4.78 is 0. The lowest BCUT2D eigenvalue weighted by Crippen LogP contribution is -2.01. The predicted octanol–water partition coefficient (Wildman–Crippen LogP) is 3.25. The highest BCUT2D eigenvalue weighted by atomic mass is 16.3. The number of rotatable bonds is 2. The molecule has 0 aromatic heterocycles. The summed E-state index contributed by atoms with van der Waals surface area (Å²) in [7, 11) is 0. The molecule has 0 bridgehead atoms. The second kappa shape index (κ2) is 3.62. The van der Waals surface area contributed by atoms with E-state index in [9.17, 15) is 5.11 Å². The SMILES string of the molecule is OC(c1ccccc1)c1ccc2c(c1)C=C2. The Labute approximate surface area is 94.7 Å². The van der Waals surface area contributed by atoms with Gasteiger partial charge < -0.3 is 5.11 Å². The molecule has 1 heteroatoms. The second-order valence-corrected chi connectivity index (χ2v) is 4.03. The van der Waals surface area contributed by atoms with Crippen molar-refractivity contribution in [2.24, 2.45) is 0 Å². The minimum Gasteiger partial charge on any atom is -0.384 e. The summed E-state index contributed by atoms with van der Waals surface area (Å²) >= 11 is 0. The van der Waals surface area contributed by atoms with Gasteiger partial charge in [-0.1, -0.05) is 54.6 Å². The van der Waals surface area contributed by atoms with Gasteiger partial charge in [-0.25, -0.2) is 0 Å². The van der Waals surface area contributed by atoms with Crippen LogP contribution in [0.4, 0.5) is 0 Å². The Balaban J connectivity index is 1.96. The third kappa shape index (κ3) is 1.46. The van der Waals surface area contributed by atoms with Crippen LogP contribution >= 0.6 is 0 Å². The van der Waals surface area contributed by atoms with Crippen LogP contribution in [0.1, 0.15) is 28.4 Å². The normalized spacial score (nSPS) is 14.1. The average molecular weight is 208 g/mol. The van der Waals surface area contributed by atoms with Gasteiger partial charge in [0.05, 0.1) is 0 Å². The minimum atomic E-state index is -0.527. The number of hydrogen-bond donors (Lipinski definition) is 1. The van der Waals surface area contributed by atoms with Crippen LogP contribution in [0, 0.1) is 0 Å². The van der Waals surface area contributed by atoms with Gasteiger partial charge in [0.1, 0.15) is 6.10 Å². The number of hydrogen-bond acceptors (Lipinski definition) is 1. The predicted molar refractivity (Wildman–Crippen MR) is 65.9 cm³/mol. The van der Waals surface area contributed by atoms with Crippen molar-refractivity contribution in [3.63, 3.8) is 0 Å². The van der Waals surface area contributed by atoms with Crippen molar-refractivity contribution in [2.45, 2.75) is 6.10 Å². The summed E-state index contributed by atoms with van der Waals surface area (Å²) in [6.45, 7) is 0. The molecule has 1 unspecified atom stereocenters. The Kier molecular flexibility index (Phi) is 2.12. The van der Waals surface area contributed by atoms with Crippen molar-refractivity contribution in [1.29, 1.82) is 0 Å². The fourth-order valence-corrected chi connectivity index (χ4v) is 1.97. The monoisotopic (exact) mass is 208 g/mol. The minimum absolute atomic E-state index is 0.527. The topological polar surface area (TPSA) is 20.2 Å². The van der Waals surface area contributed by atoms with Crippen molar-refractivity contribution in [3.8, 4) is 0 Å². The molecule has 0 heterocycles. The number of aliphatic hydroxyl groups excluding tert-OH is 1. The molecule has 1 nitrogen and oxygen atoms in total. The molecular weight excluding hydrogens is 196 g/mol. The van der Waals surface area contributed by atoms with Gasteiger partial charge in [-0.2, -0.15) is 0 Å². The van der Waals surface area contributed by atoms with Crippen LogP contribution in [-0.4, -0.2) is 5.11 Å². The number of fused-ring (bicyclic) bond motifs is 1. The highest BCUT2D eigenvalue weighted by Crippen LogP contribution is 2.29. The molecular formula is C15H12O. The van der Waals surface area contributed by atoms with E-state index in [4.69, 9.17) is 0 Å². The van der Waals surface area contributed by atoms with Gasteiger partial charge in [0.25, 0.3) is 0 Å². The Morgan fingerprint density at radius 1 is 0.750 bits per heavy atom. The van der Waals surface area contributed by atoms with E-state index in [2.05, 4.69) is 18.2 Å². The molecule has 78 valence electrons. The first-order chi connectivity index (χ1) is 7.84. The van der Waals surface area contributed by atoms with E-state index in [1.807, 2.05) is 42.5 Å². The van der Waals surface area contributed by atoms with E-state index < -0.39 is 6.10 Å². The highest BCUT2D eigenvalue weighted by Gasteiger charge is 2.13. The zero-order chi connectivity index (χ0) is 11.0. The van der Waals surface area contributed by atoms with E-state index in [1.165, 1.54) is 11.1 Å². The molecule has 1 N–H and O–H groups in total. The summed E-state index contributed by atoms with van der Waals surface area (Å²) in [5, 5.41) is 10.2. The molecule has 0 fully saturated rings. The summed E-state index contributed by atoms with van der Waals surface area (Å²) in [6.07, 6.45) is 3.62. The summed E-state index contributed by atoms with van der Waals surface area (Å²) in [6, 6.07) is 15.8. The Morgan fingerprint density at radius 3 is 2.12 bits per heavy atom. The van der Waals surface area contributed by atoms with Crippen LogP contribution in [0.2, 0.25) is 0 Å². The zero-order valence-corrected chi connectivity index (χ0v) is 8.80. The van der Waals surface area contributed by atoms with Crippen LogP contribution in [-0.2, 0) is 0 Å². The van der Waals surface area contributed by atoms with Crippen molar-refractivity contribution in [1.82, 2.24) is 0 Å². The molecule has 0 aliphatic heterocycles. The second-order valence-electron chi connectivity index (χ2n) is 4.03. The smallest absolute Gasteiger partial charge is 0.104 e. The summed E-state index contributed by atoms with van der Waals surface area (Å²) in [5.74, 6) is 0. The van der Waals surface area contributed by atoms with Crippen molar-refractivity contribution in [2.75, 3.05) is 0 Å². The van der Waals surface area contributed by atoms with Crippen LogP contribution in [0.3, 0.4) is 0 Å². The van der Waals surface area contributed by atoms with Gasteiger partial charge in [-0.15, -0.1) is 0 Å². The molecule has 1 aliphatic rings. The zero-order valence-electron chi connectivity index (χ0n) is 8.80. The van der Waals surface area contributed by atoms with Crippen LogP contribution < -0.4 is 0 Å². The first kappa shape index (κ1) is 9.37. The van der Waals surface area contributed by atoms with E-state index in [0.29, 0.717) is 0 Å². The lowest BCUT2D eigenvalue weighted by atomic mass is 9.92. The largest absolute Gasteiger partial charge is 0.384 e. The fourth-order valence-electron chi connectivity index (χ4n) is 1.97. The number of aliphatic hydroxyl groups is 1. The Hall–Kier alpha value is -1.86. The summed E-state index contributed by atoms with van der Waals surface area (Å²) in [5.41, 5.74) is 4.36. The van der Waals surface area contributed by atoms with Crippen molar-refractivity contribution >= 4 is 12.2 Å². The molecule has 2 aromatic carbocycles. The molecule has 0 saturated carbocycles. The maximum atomic E-state index is 10.2. The van der Waals surface area contributed by atoms with Crippen molar-refractivity contribution in [3.05, 3.63) is 70.8 Å². The van der Waals surface area contributed by atoms with Crippen LogP contribution in [0.15, 0.2) is 48.5 Å². The van der Waals surface area contributed by atoms with Gasteiger partial charge in [0.2, 0.25) is 0 Å². The maximum absolute atomic E-state index is 10.2. The highest BCUT2D eigenvalue weighted by molar-refractivity contribution is 5.85. The molecule has 0 saturated heterocycles. The first-order valence-corrected chi connectivity index (χ1v) is 5.39. The Bertz CT molecular complexity index is 541. The van der Waals surface area contributed by atoms with Gasteiger partial charge in [-0.05, 0) is 28.3 Å². The molecule has 0 amide bonds. The standard InChI is InChI=1S/C15H12O/c16-15(12-4-2-1-3-5-12)14-9-7-11-6-8-13(11)10-14/h1-10,15-16H. The first-order valence-electron chi connectivity index (χ1n) is 5.39. The molecule has 0 spiro atoms.